The van der Waals surface area contributed by atoms with Gasteiger partial charge in [0.2, 0.25) is 0 Å². The van der Waals surface area contributed by atoms with E-state index in [0.717, 1.165) is 30.9 Å². The van der Waals surface area contributed by atoms with Crippen molar-refractivity contribution in [1.29, 1.82) is 0 Å². The maximum Gasteiger partial charge on any atom is 0.433 e. The summed E-state index contributed by atoms with van der Waals surface area (Å²) in [6.45, 7) is 1.96. The Bertz CT molecular complexity index is 1080. The lowest BCUT2D eigenvalue weighted by Gasteiger charge is -2.31. The first-order valence-corrected chi connectivity index (χ1v) is 10.4. The molecule has 1 fully saturated rings. The van der Waals surface area contributed by atoms with Crippen LogP contribution in [0.3, 0.4) is 0 Å². The summed E-state index contributed by atoms with van der Waals surface area (Å²) in [6, 6.07) is 15.2. The SMILES string of the molecule is Cc1ccc(C(=O)N[C@@H]2CCC[C@H](Nc3cc(C(F)(F)F)nc4ccccc34)C2)cc1. The van der Waals surface area contributed by atoms with Crippen LogP contribution in [0.25, 0.3) is 10.9 Å². The molecule has 0 aliphatic heterocycles. The number of aromatic nitrogens is 1. The van der Waals surface area contributed by atoms with E-state index in [1.807, 2.05) is 19.1 Å². The van der Waals surface area contributed by atoms with Crippen LogP contribution < -0.4 is 10.6 Å². The number of para-hydroxylation sites is 1. The van der Waals surface area contributed by atoms with Crippen LogP contribution in [0.5, 0.6) is 0 Å². The van der Waals surface area contributed by atoms with Gasteiger partial charge in [-0.05, 0) is 56.9 Å². The van der Waals surface area contributed by atoms with E-state index in [1.54, 1.807) is 36.4 Å². The number of anilines is 1. The van der Waals surface area contributed by atoms with Gasteiger partial charge in [-0.2, -0.15) is 13.2 Å². The molecule has 0 bridgehead atoms. The number of amides is 1. The lowest BCUT2D eigenvalue weighted by molar-refractivity contribution is -0.140. The first kappa shape index (κ1) is 21.2. The molecule has 2 aromatic carbocycles. The van der Waals surface area contributed by atoms with E-state index in [2.05, 4.69) is 15.6 Å². The molecule has 1 aromatic heterocycles. The lowest BCUT2D eigenvalue weighted by atomic mass is 9.90. The summed E-state index contributed by atoms with van der Waals surface area (Å²) in [6.07, 6.45) is -1.31. The Morgan fingerprint density at radius 2 is 1.74 bits per heavy atom. The Morgan fingerprint density at radius 1 is 1.03 bits per heavy atom. The third-order valence-electron chi connectivity index (χ3n) is 5.69. The fraction of sp³-hybridized carbons (Fsp3) is 0.333. The molecule has 0 radical (unpaired) electrons. The van der Waals surface area contributed by atoms with Crippen molar-refractivity contribution in [3.05, 3.63) is 71.4 Å². The van der Waals surface area contributed by atoms with Gasteiger partial charge in [-0.1, -0.05) is 35.9 Å². The van der Waals surface area contributed by atoms with E-state index in [0.29, 0.717) is 28.6 Å². The second kappa shape index (κ2) is 8.57. The highest BCUT2D eigenvalue weighted by Crippen LogP contribution is 2.34. The van der Waals surface area contributed by atoms with Gasteiger partial charge in [-0.25, -0.2) is 4.98 Å². The van der Waals surface area contributed by atoms with E-state index in [-0.39, 0.29) is 18.0 Å². The van der Waals surface area contributed by atoms with Gasteiger partial charge in [0.05, 0.1) is 5.52 Å². The zero-order valence-corrected chi connectivity index (χ0v) is 17.2. The number of rotatable bonds is 4. The van der Waals surface area contributed by atoms with Crippen LogP contribution in [-0.4, -0.2) is 23.0 Å². The number of nitrogens with zero attached hydrogens (tertiary/aromatic N) is 1. The summed E-state index contributed by atoms with van der Waals surface area (Å²) in [5.41, 5.74) is 1.51. The Balaban J connectivity index is 1.50. The van der Waals surface area contributed by atoms with Crippen molar-refractivity contribution in [3.63, 3.8) is 0 Å². The first-order chi connectivity index (χ1) is 14.8. The largest absolute Gasteiger partial charge is 0.433 e. The van der Waals surface area contributed by atoms with Crippen molar-refractivity contribution >= 4 is 22.5 Å². The molecule has 2 N–H and O–H groups in total. The molecule has 1 aliphatic carbocycles. The quantitative estimate of drug-likeness (QED) is 0.560. The van der Waals surface area contributed by atoms with Gasteiger partial charge in [-0.3, -0.25) is 4.79 Å². The number of halogens is 3. The zero-order valence-electron chi connectivity index (χ0n) is 17.2. The molecule has 0 saturated heterocycles. The molecular weight excluding hydrogens is 403 g/mol. The number of benzene rings is 2. The predicted molar refractivity (Wildman–Crippen MR) is 115 cm³/mol. The molecule has 0 unspecified atom stereocenters. The molecule has 1 saturated carbocycles. The molecule has 0 spiro atoms. The van der Waals surface area contributed by atoms with Crippen LogP contribution in [0.1, 0.15) is 47.3 Å². The van der Waals surface area contributed by atoms with Gasteiger partial charge < -0.3 is 10.6 Å². The van der Waals surface area contributed by atoms with E-state index in [1.165, 1.54) is 0 Å². The number of alkyl halides is 3. The van der Waals surface area contributed by atoms with Gasteiger partial charge in [0, 0.05) is 28.7 Å². The molecule has 4 rings (SSSR count). The van der Waals surface area contributed by atoms with E-state index >= 15 is 0 Å². The van der Waals surface area contributed by atoms with Crippen molar-refractivity contribution in [3.8, 4) is 0 Å². The van der Waals surface area contributed by atoms with Crippen LogP contribution in [0, 0.1) is 6.92 Å². The van der Waals surface area contributed by atoms with Gasteiger partial charge in [0.25, 0.3) is 5.91 Å². The molecule has 3 aromatic rings. The van der Waals surface area contributed by atoms with Crippen molar-refractivity contribution in [2.24, 2.45) is 0 Å². The average Bonchev–Trinajstić information content (AvgIpc) is 2.74. The highest BCUT2D eigenvalue weighted by molar-refractivity contribution is 5.94. The van der Waals surface area contributed by atoms with Crippen LogP contribution in [0.15, 0.2) is 54.6 Å². The Morgan fingerprint density at radius 3 is 2.48 bits per heavy atom. The summed E-state index contributed by atoms with van der Waals surface area (Å²) in [4.78, 5) is 16.3. The minimum atomic E-state index is -4.52. The molecule has 1 heterocycles. The Kier molecular flexibility index (Phi) is 5.85. The monoisotopic (exact) mass is 427 g/mol. The highest BCUT2D eigenvalue weighted by Gasteiger charge is 2.34. The number of carbonyl (C=O) groups is 1. The normalized spacial score (nSPS) is 19.2. The maximum absolute atomic E-state index is 13.3. The minimum absolute atomic E-state index is 0.0322. The van der Waals surface area contributed by atoms with Gasteiger partial charge in [0.1, 0.15) is 5.69 Å². The van der Waals surface area contributed by atoms with Crippen molar-refractivity contribution < 1.29 is 18.0 Å². The third-order valence-corrected chi connectivity index (χ3v) is 5.69. The zero-order chi connectivity index (χ0) is 22.0. The molecule has 4 nitrogen and oxygen atoms in total. The minimum Gasteiger partial charge on any atom is -0.382 e. The van der Waals surface area contributed by atoms with E-state index in [4.69, 9.17) is 0 Å². The predicted octanol–water partition coefficient (Wildman–Crippen LogP) is 5.72. The number of aryl methyl sites for hydroxylation is 1. The molecule has 7 heteroatoms. The fourth-order valence-electron chi connectivity index (χ4n) is 4.09. The summed E-state index contributed by atoms with van der Waals surface area (Å²) in [7, 11) is 0. The number of fused-ring (bicyclic) bond motifs is 1. The van der Waals surface area contributed by atoms with Crippen LogP contribution >= 0.6 is 0 Å². The lowest BCUT2D eigenvalue weighted by Crippen LogP contribution is -2.41. The second-order valence-electron chi connectivity index (χ2n) is 8.11. The van der Waals surface area contributed by atoms with Crippen molar-refractivity contribution in [2.45, 2.75) is 50.9 Å². The number of hydrogen-bond donors (Lipinski definition) is 2. The molecule has 162 valence electrons. The first-order valence-electron chi connectivity index (χ1n) is 10.4. The standard InChI is InChI=1S/C24H24F3N3O/c1-15-9-11-16(12-10-15)23(31)29-18-6-4-5-17(13-18)28-21-14-22(24(25,26)27)30-20-8-3-2-7-19(20)21/h2-3,7-12,14,17-18H,4-6,13H2,1H3,(H,28,30)(H,29,31)/t17-,18+/m0/s1. The number of carbonyl (C=O) groups excluding carboxylic acids is 1. The van der Waals surface area contributed by atoms with E-state index in [9.17, 15) is 18.0 Å². The topological polar surface area (TPSA) is 54.0 Å². The summed E-state index contributed by atoms with van der Waals surface area (Å²) in [5, 5.41) is 7.02. The molecule has 1 amide bonds. The fourth-order valence-corrected chi connectivity index (χ4v) is 4.09. The molecule has 1 aliphatic rings. The second-order valence-corrected chi connectivity index (χ2v) is 8.11. The van der Waals surface area contributed by atoms with E-state index < -0.39 is 11.9 Å². The number of nitrogens with one attached hydrogen (secondary N) is 2. The Labute approximate surface area is 178 Å². The summed E-state index contributed by atoms with van der Waals surface area (Å²) >= 11 is 0. The summed E-state index contributed by atoms with van der Waals surface area (Å²) in [5.74, 6) is -0.126. The number of pyridine rings is 1. The van der Waals surface area contributed by atoms with Crippen LogP contribution in [-0.2, 0) is 6.18 Å². The van der Waals surface area contributed by atoms with Crippen LogP contribution in [0.4, 0.5) is 18.9 Å². The molecule has 31 heavy (non-hydrogen) atoms. The van der Waals surface area contributed by atoms with Gasteiger partial charge in [0.15, 0.2) is 0 Å². The molecular formula is C24H24F3N3O. The van der Waals surface area contributed by atoms with Gasteiger partial charge in [-0.15, -0.1) is 0 Å². The summed E-state index contributed by atoms with van der Waals surface area (Å²) < 4.78 is 40.0. The van der Waals surface area contributed by atoms with Crippen molar-refractivity contribution in [2.75, 3.05) is 5.32 Å². The molecule has 2 atom stereocenters. The van der Waals surface area contributed by atoms with Crippen LogP contribution in [0.2, 0.25) is 0 Å². The smallest absolute Gasteiger partial charge is 0.382 e. The van der Waals surface area contributed by atoms with Gasteiger partial charge >= 0.3 is 6.18 Å². The third kappa shape index (κ3) is 4.98. The Hall–Kier alpha value is -3.09. The maximum atomic E-state index is 13.3. The average molecular weight is 427 g/mol. The highest BCUT2D eigenvalue weighted by atomic mass is 19.4. The number of hydrogen-bond acceptors (Lipinski definition) is 3. The van der Waals surface area contributed by atoms with Crippen molar-refractivity contribution in [1.82, 2.24) is 10.3 Å².